The van der Waals surface area contributed by atoms with E-state index in [1.165, 1.54) is 12.1 Å². The number of hydrogen-bond acceptors (Lipinski definition) is 5. The molecule has 1 aromatic carbocycles. The third-order valence-electron chi connectivity index (χ3n) is 2.57. The van der Waals surface area contributed by atoms with Gasteiger partial charge in [-0.3, -0.25) is 4.68 Å². The highest BCUT2D eigenvalue weighted by atomic mass is 35.5. The van der Waals surface area contributed by atoms with Gasteiger partial charge in [-0.25, -0.2) is 0 Å². The fourth-order valence-electron chi connectivity index (χ4n) is 1.66. The van der Waals surface area contributed by atoms with Crippen molar-refractivity contribution in [3.05, 3.63) is 35.6 Å². The lowest BCUT2D eigenvalue weighted by atomic mass is 10.2. The van der Waals surface area contributed by atoms with Crippen LogP contribution in [-0.2, 0) is 7.05 Å². The summed E-state index contributed by atoms with van der Waals surface area (Å²) in [6.45, 7) is 0. The summed E-state index contributed by atoms with van der Waals surface area (Å²) in [4.78, 5) is 4.24. The highest BCUT2D eigenvalue weighted by Crippen LogP contribution is 2.31. The molecule has 0 aliphatic heterocycles. The SMILES string of the molecule is Cn1cc(-c2noc(-c3cc(O)ccc3Cl)n2)cn1. The van der Waals surface area contributed by atoms with Crippen LogP contribution in [-0.4, -0.2) is 25.0 Å². The Morgan fingerprint density at radius 1 is 1.37 bits per heavy atom. The molecule has 2 heterocycles. The number of phenols is 1. The average molecular weight is 277 g/mol. The van der Waals surface area contributed by atoms with Crippen molar-refractivity contribution < 1.29 is 9.63 Å². The Balaban J connectivity index is 2.03. The van der Waals surface area contributed by atoms with E-state index in [0.717, 1.165) is 5.56 Å². The summed E-state index contributed by atoms with van der Waals surface area (Å²) in [5.41, 5.74) is 1.23. The number of rotatable bonds is 2. The normalized spacial score (nSPS) is 10.8. The van der Waals surface area contributed by atoms with Gasteiger partial charge in [0.2, 0.25) is 5.82 Å². The first-order valence-electron chi connectivity index (χ1n) is 5.45. The minimum Gasteiger partial charge on any atom is -0.508 e. The lowest BCUT2D eigenvalue weighted by Crippen LogP contribution is -1.84. The van der Waals surface area contributed by atoms with E-state index in [1.54, 1.807) is 30.2 Å². The Hall–Kier alpha value is -2.34. The van der Waals surface area contributed by atoms with Gasteiger partial charge in [0, 0.05) is 13.2 Å². The van der Waals surface area contributed by atoms with E-state index in [0.29, 0.717) is 16.4 Å². The number of aryl methyl sites for hydroxylation is 1. The van der Waals surface area contributed by atoms with Crippen molar-refractivity contribution in [2.75, 3.05) is 0 Å². The maximum Gasteiger partial charge on any atom is 0.259 e. The second-order valence-corrected chi connectivity index (χ2v) is 4.40. The molecular formula is C12H9ClN4O2. The number of aromatic nitrogens is 4. The Morgan fingerprint density at radius 2 is 2.21 bits per heavy atom. The van der Waals surface area contributed by atoms with Crippen LogP contribution in [0, 0.1) is 0 Å². The van der Waals surface area contributed by atoms with Crippen LogP contribution in [0.3, 0.4) is 0 Å². The molecule has 19 heavy (non-hydrogen) atoms. The summed E-state index contributed by atoms with van der Waals surface area (Å²) < 4.78 is 6.80. The molecule has 1 N–H and O–H groups in total. The van der Waals surface area contributed by atoms with E-state index in [4.69, 9.17) is 16.1 Å². The summed E-state index contributed by atoms with van der Waals surface area (Å²) >= 11 is 6.03. The second-order valence-electron chi connectivity index (χ2n) is 3.99. The van der Waals surface area contributed by atoms with E-state index in [9.17, 15) is 5.11 Å². The Kier molecular flexibility index (Phi) is 2.72. The molecule has 0 saturated carbocycles. The molecule has 0 amide bonds. The van der Waals surface area contributed by atoms with Gasteiger partial charge in [-0.2, -0.15) is 10.1 Å². The Morgan fingerprint density at radius 3 is 2.95 bits per heavy atom. The van der Waals surface area contributed by atoms with Crippen molar-refractivity contribution in [2.45, 2.75) is 0 Å². The van der Waals surface area contributed by atoms with Crippen LogP contribution in [0.2, 0.25) is 5.02 Å². The molecule has 3 rings (SSSR count). The first-order chi connectivity index (χ1) is 9.13. The Labute approximate surface area is 113 Å². The average Bonchev–Trinajstić information content (AvgIpc) is 3.00. The van der Waals surface area contributed by atoms with Gasteiger partial charge in [-0.05, 0) is 18.2 Å². The molecule has 0 fully saturated rings. The molecule has 0 saturated heterocycles. The van der Waals surface area contributed by atoms with Gasteiger partial charge >= 0.3 is 0 Å². The maximum absolute atomic E-state index is 9.46. The topological polar surface area (TPSA) is 77.0 Å². The molecule has 0 atom stereocenters. The molecule has 0 bridgehead atoms. The predicted octanol–water partition coefficient (Wildman–Crippen LogP) is 2.50. The molecule has 0 spiro atoms. The summed E-state index contributed by atoms with van der Waals surface area (Å²) in [6, 6.07) is 4.53. The van der Waals surface area contributed by atoms with Gasteiger partial charge in [0.1, 0.15) is 5.75 Å². The van der Waals surface area contributed by atoms with Crippen LogP contribution in [0.25, 0.3) is 22.8 Å². The third-order valence-corrected chi connectivity index (χ3v) is 2.90. The Bertz CT molecular complexity index is 735. The van der Waals surface area contributed by atoms with Gasteiger partial charge in [0.05, 0.1) is 22.3 Å². The van der Waals surface area contributed by atoms with E-state index in [1.807, 2.05) is 0 Å². The van der Waals surface area contributed by atoms with Crippen LogP contribution < -0.4 is 0 Å². The largest absolute Gasteiger partial charge is 0.508 e. The molecule has 6 nitrogen and oxygen atoms in total. The van der Waals surface area contributed by atoms with Gasteiger partial charge in [0.15, 0.2) is 0 Å². The van der Waals surface area contributed by atoms with Crippen LogP contribution in [0.15, 0.2) is 35.1 Å². The summed E-state index contributed by atoms with van der Waals surface area (Å²) in [5, 5.41) is 17.8. The zero-order valence-electron chi connectivity index (χ0n) is 9.91. The van der Waals surface area contributed by atoms with Crippen molar-refractivity contribution in [1.29, 1.82) is 0 Å². The standard InChI is InChI=1S/C12H9ClN4O2/c1-17-6-7(5-14-17)11-15-12(19-16-11)9-4-8(18)2-3-10(9)13/h2-6,18H,1H3. The van der Waals surface area contributed by atoms with Crippen molar-refractivity contribution in [3.63, 3.8) is 0 Å². The molecule has 0 aliphatic rings. The monoisotopic (exact) mass is 276 g/mol. The van der Waals surface area contributed by atoms with Crippen molar-refractivity contribution in [3.8, 4) is 28.6 Å². The quantitative estimate of drug-likeness (QED) is 0.778. The molecule has 0 radical (unpaired) electrons. The van der Waals surface area contributed by atoms with Crippen molar-refractivity contribution >= 4 is 11.6 Å². The minimum atomic E-state index is 0.0838. The highest BCUT2D eigenvalue weighted by molar-refractivity contribution is 6.33. The van der Waals surface area contributed by atoms with Crippen LogP contribution in [0.1, 0.15) is 0 Å². The van der Waals surface area contributed by atoms with Gasteiger partial charge in [0.25, 0.3) is 5.89 Å². The lowest BCUT2D eigenvalue weighted by Gasteiger charge is -1.98. The van der Waals surface area contributed by atoms with Crippen molar-refractivity contribution in [1.82, 2.24) is 19.9 Å². The number of phenolic OH excluding ortho intramolecular Hbond substituents is 1. The number of halogens is 1. The van der Waals surface area contributed by atoms with Gasteiger partial charge in [-0.15, -0.1) is 0 Å². The van der Waals surface area contributed by atoms with Crippen molar-refractivity contribution in [2.24, 2.45) is 7.05 Å². The maximum atomic E-state index is 9.46. The van der Waals surface area contributed by atoms with Crippen LogP contribution >= 0.6 is 11.6 Å². The van der Waals surface area contributed by atoms with E-state index in [2.05, 4.69) is 15.2 Å². The van der Waals surface area contributed by atoms with Gasteiger partial charge < -0.3 is 9.63 Å². The predicted molar refractivity (Wildman–Crippen MR) is 68.6 cm³/mol. The van der Waals surface area contributed by atoms with E-state index >= 15 is 0 Å². The van der Waals surface area contributed by atoms with E-state index < -0.39 is 0 Å². The number of hydrogen-bond donors (Lipinski definition) is 1. The van der Waals surface area contributed by atoms with Crippen LogP contribution in [0.4, 0.5) is 0 Å². The molecule has 0 unspecified atom stereocenters. The summed E-state index contributed by atoms with van der Waals surface area (Å²) in [6.07, 6.45) is 3.41. The van der Waals surface area contributed by atoms with Gasteiger partial charge in [-0.1, -0.05) is 16.8 Å². The molecule has 3 aromatic rings. The lowest BCUT2D eigenvalue weighted by molar-refractivity contribution is 0.431. The molecule has 7 heteroatoms. The first-order valence-corrected chi connectivity index (χ1v) is 5.83. The fraction of sp³-hybridized carbons (Fsp3) is 0.0833. The minimum absolute atomic E-state index is 0.0838. The third kappa shape index (κ3) is 2.17. The number of nitrogens with zero attached hydrogens (tertiary/aromatic N) is 4. The van der Waals surface area contributed by atoms with Crippen LogP contribution in [0.5, 0.6) is 5.75 Å². The summed E-state index contributed by atoms with van der Waals surface area (Å²) in [7, 11) is 1.80. The molecule has 96 valence electrons. The smallest absolute Gasteiger partial charge is 0.259 e. The zero-order chi connectivity index (χ0) is 13.4. The highest BCUT2D eigenvalue weighted by Gasteiger charge is 2.14. The first kappa shape index (κ1) is 11.7. The number of benzene rings is 1. The molecular weight excluding hydrogens is 268 g/mol. The van der Waals surface area contributed by atoms with E-state index in [-0.39, 0.29) is 11.6 Å². The summed E-state index contributed by atoms with van der Waals surface area (Å²) in [5.74, 6) is 0.753. The fourth-order valence-corrected chi connectivity index (χ4v) is 1.86. The second kappa shape index (κ2) is 4.40. The zero-order valence-corrected chi connectivity index (χ0v) is 10.7. The number of aromatic hydroxyl groups is 1. The molecule has 2 aromatic heterocycles. The molecule has 0 aliphatic carbocycles.